The lowest BCUT2D eigenvalue weighted by Gasteiger charge is -2.25. The van der Waals surface area contributed by atoms with Crippen LogP contribution >= 0.6 is 0 Å². The van der Waals surface area contributed by atoms with Crippen molar-refractivity contribution in [2.75, 3.05) is 18.5 Å². The maximum absolute atomic E-state index is 12.5. The normalized spacial score (nSPS) is 12.5. The average molecular weight is 438 g/mol. The van der Waals surface area contributed by atoms with E-state index >= 15 is 0 Å². The molecule has 8 nitrogen and oxygen atoms in total. The van der Waals surface area contributed by atoms with E-state index in [1.807, 2.05) is 13.0 Å². The van der Waals surface area contributed by atoms with E-state index in [0.717, 1.165) is 11.6 Å². The standard InChI is InChI=1S/C24H26N2O6/c1-17(4-2-3-5-22(28)29)23(19-8-12-21(13-9-19)31-15-14-27)32-24(30)26-20-10-6-18(16-25)7-11-20/h3,5-13,17,23,27H,2,4,14-15H2,1H3,(H,26,30)(H,28,29)/b5-3+/t17-,23-/m0/s1. The fourth-order valence-electron chi connectivity index (χ4n) is 3.02. The minimum Gasteiger partial charge on any atom is -0.491 e. The number of carbonyl (C=O) groups is 2. The second-order valence-corrected chi connectivity index (χ2v) is 7.08. The molecule has 0 radical (unpaired) electrons. The van der Waals surface area contributed by atoms with Crippen LogP contribution in [0.1, 0.15) is 37.0 Å². The number of allylic oxidation sites excluding steroid dienone is 1. The number of anilines is 1. The van der Waals surface area contributed by atoms with Gasteiger partial charge in [0.05, 0.1) is 18.2 Å². The SMILES string of the molecule is C[C@@H](CC/C=C/C(=O)O)[C@H](OC(=O)Nc1ccc(C#N)cc1)c1ccc(OCCO)cc1. The quantitative estimate of drug-likeness (QED) is 0.447. The van der Waals surface area contributed by atoms with Crippen LogP contribution in [-0.2, 0) is 9.53 Å². The fraction of sp³-hybridized carbons (Fsp3) is 0.292. The third-order valence-corrected chi connectivity index (χ3v) is 4.63. The van der Waals surface area contributed by atoms with E-state index in [2.05, 4.69) is 5.32 Å². The number of rotatable bonds is 11. The molecule has 0 unspecified atom stereocenters. The van der Waals surface area contributed by atoms with Crippen LogP contribution in [0.2, 0.25) is 0 Å². The minimum absolute atomic E-state index is 0.0934. The van der Waals surface area contributed by atoms with Crippen LogP contribution in [-0.4, -0.2) is 35.5 Å². The lowest BCUT2D eigenvalue weighted by molar-refractivity contribution is -0.131. The molecule has 2 rings (SSSR count). The smallest absolute Gasteiger partial charge is 0.412 e. The van der Waals surface area contributed by atoms with Crippen molar-refractivity contribution < 1.29 is 29.3 Å². The molecule has 0 aromatic heterocycles. The monoisotopic (exact) mass is 438 g/mol. The van der Waals surface area contributed by atoms with Gasteiger partial charge < -0.3 is 19.7 Å². The summed E-state index contributed by atoms with van der Waals surface area (Å²) >= 11 is 0. The fourth-order valence-corrected chi connectivity index (χ4v) is 3.02. The van der Waals surface area contributed by atoms with Crippen LogP contribution in [0.15, 0.2) is 60.7 Å². The Kier molecular flexibility index (Phi) is 9.75. The minimum atomic E-state index is -1.01. The molecule has 0 aliphatic carbocycles. The number of aliphatic hydroxyl groups is 1. The Hall–Kier alpha value is -3.83. The van der Waals surface area contributed by atoms with Crippen LogP contribution < -0.4 is 10.1 Å². The van der Waals surface area contributed by atoms with E-state index in [0.29, 0.717) is 29.8 Å². The van der Waals surface area contributed by atoms with Crippen molar-refractivity contribution in [3.8, 4) is 11.8 Å². The number of carboxylic acid groups (broad SMARTS) is 1. The van der Waals surface area contributed by atoms with Crippen LogP contribution in [0.5, 0.6) is 5.75 Å². The lowest BCUT2D eigenvalue weighted by atomic mass is 9.93. The molecular formula is C24H26N2O6. The average Bonchev–Trinajstić information content (AvgIpc) is 2.79. The summed E-state index contributed by atoms with van der Waals surface area (Å²) in [6.07, 6.45) is 2.54. The number of ether oxygens (including phenoxy) is 2. The number of hydrogen-bond donors (Lipinski definition) is 3. The molecule has 2 atom stereocenters. The summed E-state index contributed by atoms with van der Waals surface area (Å²) in [7, 11) is 0. The van der Waals surface area contributed by atoms with Crippen molar-refractivity contribution in [2.24, 2.45) is 5.92 Å². The van der Waals surface area contributed by atoms with Crippen molar-refractivity contribution in [1.29, 1.82) is 5.26 Å². The highest BCUT2D eigenvalue weighted by Crippen LogP contribution is 2.31. The molecule has 0 heterocycles. The molecule has 168 valence electrons. The van der Waals surface area contributed by atoms with E-state index in [4.69, 9.17) is 24.9 Å². The summed E-state index contributed by atoms with van der Waals surface area (Å²) in [6, 6.07) is 15.5. The summed E-state index contributed by atoms with van der Waals surface area (Å²) in [5.74, 6) is -0.532. The third kappa shape index (κ3) is 8.13. The lowest BCUT2D eigenvalue weighted by Crippen LogP contribution is -2.22. The highest BCUT2D eigenvalue weighted by atomic mass is 16.6. The van der Waals surface area contributed by atoms with Crippen molar-refractivity contribution in [1.82, 2.24) is 0 Å². The molecule has 0 spiro atoms. The second kappa shape index (κ2) is 12.8. The van der Waals surface area contributed by atoms with Gasteiger partial charge in [-0.25, -0.2) is 9.59 Å². The van der Waals surface area contributed by atoms with Gasteiger partial charge in [-0.15, -0.1) is 0 Å². The highest BCUT2D eigenvalue weighted by molar-refractivity contribution is 5.84. The Labute approximate surface area is 186 Å². The van der Waals surface area contributed by atoms with E-state index < -0.39 is 18.2 Å². The molecule has 8 heteroatoms. The van der Waals surface area contributed by atoms with Crippen molar-refractivity contribution in [3.05, 3.63) is 71.8 Å². The molecular weight excluding hydrogens is 412 g/mol. The topological polar surface area (TPSA) is 129 Å². The predicted molar refractivity (Wildman–Crippen MR) is 118 cm³/mol. The number of hydrogen-bond acceptors (Lipinski definition) is 6. The maximum Gasteiger partial charge on any atom is 0.412 e. The Balaban J connectivity index is 2.11. The molecule has 3 N–H and O–H groups in total. The first-order valence-electron chi connectivity index (χ1n) is 10.1. The first-order chi connectivity index (χ1) is 15.4. The molecule has 0 aliphatic heterocycles. The zero-order chi connectivity index (χ0) is 23.3. The number of nitriles is 1. The molecule has 0 bridgehead atoms. The first-order valence-corrected chi connectivity index (χ1v) is 10.1. The summed E-state index contributed by atoms with van der Waals surface area (Å²) in [6.45, 7) is 2.01. The highest BCUT2D eigenvalue weighted by Gasteiger charge is 2.23. The van der Waals surface area contributed by atoms with Gasteiger partial charge in [0.25, 0.3) is 0 Å². The van der Waals surface area contributed by atoms with E-state index in [-0.39, 0.29) is 19.1 Å². The molecule has 0 saturated heterocycles. The van der Waals surface area contributed by atoms with Crippen LogP contribution in [0.3, 0.4) is 0 Å². The summed E-state index contributed by atoms with van der Waals surface area (Å²) in [5, 5.41) is 29.2. The predicted octanol–water partition coefficient (Wildman–Crippen LogP) is 4.28. The summed E-state index contributed by atoms with van der Waals surface area (Å²) in [4.78, 5) is 23.2. The van der Waals surface area contributed by atoms with E-state index in [9.17, 15) is 9.59 Å². The molecule has 1 amide bonds. The number of nitrogens with one attached hydrogen (secondary N) is 1. The van der Waals surface area contributed by atoms with Gasteiger partial charge in [0.2, 0.25) is 0 Å². The van der Waals surface area contributed by atoms with Crippen LogP contribution in [0.25, 0.3) is 0 Å². The number of carboxylic acids is 1. The van der Waals surface area contributed by atoms with Gasteiger partial charge in [-0.2, -0.15) is 5.26 Å². The molecule has 0 saturated carbocycles. The van der Waals surface area contributed by atoms with Gasteiger partial charge in [-0.3, -0.25) is 5.32 Å². The van der Waals surface area contributed by atoms with E-state index in [1.54, 1.807) is 54.6 Å². The Morgan fingerprint density at radius 3 is 2.44 bits per heavy atom. The zero-order valence-electron chi connectivity index (χ0n) is 17.7. The van der Waals surface area contributed by atoms with Gasteiger partial charge in [0.1, 0.15) is 18.5 Å². The largest absolute Gasteiger partial charge is 0.491 e. The van der Waals surface area contributed by atoms with E-state index in [1.165, 1.54) is 0 Å². The number of benzene rings is 2. The molecule has 2 aromatic rings. The molecule has 0 aliphatic rings. The molecule has 2 aromatic carbocycles. The maximum atomic E-state index is 12.5. The second-order valence-electron chi connectivity index (χ2n) is 7.08. The van der Waals surface area contributed by atoms with Crippen molar-refractivity contribution in [3.63, 3.8) is 0 Å². The van der Waals surface area contributed by atoms with Gasteiger partial charge >= 0.3 is 12.1 Å². The Morgan fingerprint density at radius 1 is 1.16 bits per heavy atom. The number of aliphatic hydroxyl groups excluding tert-OH is 1. The Bertz CT molecular complexity index is 948. The molecule has 32 heavy (non-hydrogen) atoms. The number of nitrogens with zero attached hydrogens (tertiary/aromatic N) is 1. The molecule has 0 fully saturated rings. The van der Waals surface area contributed by atoms with Crippen molar-refractivity contribution >= 4 is 17.7 Å². The Morgan fingerprint density at radius 2 is 1.84 bits per heavy atom. The first kappa shape index (κ1) is 24.4. The third-order valence-electron chi connectivity index (χ3n) is 4.63. The van der Waals surface area contributed by atoms with Crippen molar-refractivity contribution in [2.45, 2.75) is 25.9 Å². The van der Waals surface area contributed by atoms with Gasteiger partial charge in [-0.1, -0.05) is 25.1 Å². The van der Waals surface area contributed by atoms with Gasteiger partial charge in [0.15, 0.2) is 0 Å². The van der Waals surface area contributed by atoms with Crippen LogP contribution in [0.4, 0.5) is 10.5 Å². The summed E-state index contributed by atoms with van der Waals surface area (Å²) in [5.41, 5.74) is 1.73. The number of amides is 1. The number of aliphatic carboxylic acids is 1. The summed E-state index contributed by atoms with van der Waals surface area (Å²) < 4.78 is 11.1. The zero-order valence-corrected chi connectivity index (χ0v) is 17.7. The van der Waals surface area contributed by atoms with Gasteiger partial charge in [-0.05, 0) is 60.7 Å². The number of carbonyl (C=O) groups excluding carboxylic acids is 1. The van der Waals surface area contributed by atoms with Gasteiger partial charge in [0, 0.05) is 11.8 Å². The van der Waals surface area contributed by atoms with Crippen LogP contribution in [0, 0.1) is 17.2 Å².